The van der Waals surface area contributed by atoms with Crippen LogP contribution in [0.2, 0.25) is 0 Å². The van der Waals surface area contributed by atoms with Gasteiger partial charge in [0.15, 0.2) is 0 Å². The second-order valence-electron chi connectivity index (χ2n) is 5.39. The first-order valence-electron chi connectivity index (χ1n) is 5.90. The van der Waals surface area contributed by atoms with Crippen LogP contribution in [0.15, 0.2) is 0 Å². The molecule has 0 spiro atoms. The number of carbonyl (C=O) groups is 1. The predicted octanol–water partition coefficient (Wildman–Crippen LogP) is 0.200. The Balaban J connectivity index is 1.75. The largest absolute Gasteiger partial charge is 0.379 e. The predicted molar refractivity (Wildman–Crippen MR) is 61.1 cm³/mol. The lowest BCUT2D eigenvalue weighted by molar-refractivity contribution is 0.0792. The molecule has 5 nitrogen and oxygen atoms in total. The van der Waals surface area contributed by atoms with E-state index in [1.165, 1.54) is 0 Å². The number of nitrogens with two attached hydrogens (primary N) is 1. The average molecular weight is 227 g/mol. The summed E-state index contributed by atoms with van der Waals surface area (Å²) < 4.78 is 5.20. The second-order valence-corrected chi connectivity index (χ2v) is 5.39. The highest BCUT2D eigenvalue weighted by atomic mass is 16.5. The van der Waals surface area contributed by atoms with Crippen molar-refractivity contribution < 1.29 is 9.53 Å². The molecule has 92 valence electrons. The summed E-state index contributed by atoms with van der Waals surface area (Å²) in [7, 11) is 0. The molecule has 2 rings (SSSR count). The molecule has 1 saturated heterocycles. The lowest BCUT2D eigenvalue weighted by atomic mass is 9.63. The molecule has 0 radical (unpaired) electrons. The summed E-state index contributed by atoms with van der Waals surface area (Å²) >= 11 is 0. The van der Waals surface area contributed by atoms with Crippen molar-refractivity contribution >= 4 is 6.03 Å². The number of hydrogen-bond acceptors (Lipinski definition) is 3. The Hall–Kier alpha value is -0.810. The van der Waals surface area contributed by atoms with Gasteiger partial charge in [0.05, 0.1) is 12.6 Å². The van der Waals surface area contributed by atoms with Gasteiger partial charge >= 0.3 is 6.03 Å². The number of amides is 2. The van der Waals surface area contributed by atoms with Crippen LogP contribution in [0.5, 0.6) is 0 Å². The molecule has 0 aromatic heterocycles. The van der Waals surface area contributed by atoms with Crippen molar-refractivity contribution in [2.24, 2.45) is 11.1 Å². The van der Waals surface area contributed by atoms with Gasteiger partial charge in [-0.15, -0.1) is 0 Å². The smallest absolute Gasteiger partial charge is 0.315 e. The molecule has 16 heavy (non-hydrogen) atoms. The first-order chi connectivity index (χ1) is 7.50. The molecule has 1 saturated carbocycles. The van der Waals surface area contributed by atoms with Gasteiger partial charge in [0.25, 0.3) is 0 Å². The van der Waals surface area contributed by atoms with E-state index in [0.717, 1.165) is 19.4 Å². The number of hydrogen-bond donors (Lipinski definition) is 3. The van der Waals surface area contributed by atoms with Crippen molar-refractivity contribution in [2.45, 2.75) is 44.8 Å². The highest BCUT2D eigenvalue weighted by Gasteiger charge is 2.46. The number of rotatable bonds is 2. The summed E-state index contributed by atoms with van der Waals surface area (Å²) in [6, 6.07) is 0.440. The summed E-state index contributed by atoms with van der Waals surface area (Å²) in [6.45, 7) is 5.54. The molecule has 2 fully saturated rings. The Morgan fingerprint density at radius 1 is 1.44 bits per heavy atom. The minimum absolute atomic E-state index is 0.00349. The minimum Gasteiger partial charge on any atom is -0.379 e. The zero-order valence-electron chi connectivity index (χ0n) is 9.95. The van der Waals surface area contributed by atoms with Gasteiger partial charge < -0.3 is 21.1 Å². The molecule has 1 aliphatic heterocycles. The summed E-state index contributed by atoms with van der Waals surface area (Å²) in [5, 5.41) is 5.89. The Morgan fingerprint density at radius 2 is 2.19 bits per heavy atom. The van der Waals surface area contributed by atoms with Gasteiger partial charge in [-0.1, -0.05) is 13.8 Å². The van der Waals surface area contributed by atoms with Crippen molar-refractivity contribution in [1.82, 2.24) is 10.6 Å². The number of nitrogens with one attached hydrogen (secondary N) is 2. The van der Waals surface area contributed by atoms with Crippen LogP contribution >= 0.6 is 0 Å². The lowest BCUT2D eigenvalue weighted by Crippen LogP contribution is -2.65. The van der Waals surface area contributed by atoms with Crippen LogP contribution in [0.25, 0.3) is 0 Å². The maximum atomic E-state index is 11.7. The van der Waals surface area contributed by atoms with Crippen LogP contribution in [0, 0.1) is 5.41 Å². The molecular weight excluding hydrogens is 206 g/mol. The number of ether oxygens (including phenoxy) is 1. The number of urea groups is 1. The Kier molecular flexibility index (Phi) is 3.08. The SMILES string of the molecule is CC1(C)C(N)CC1NC(=O)NC1CCOC1. The fourth-order valence-electron chi connectivity index (χ4n) is 2.24. The van der Waals surface area contributed by atoms with Crippen LogP contribution in [-0.4, -0.2) is 37.4 Å². The molecule has 0 aromatic rings. The van der Waals surface area contributed by atoms with E-state index in [1.807, 2.05) is 0 Å². The highest BCUT2D eigenvalue weighted by molar-refractivity contribution is 5.75. The van der Waals surface area contributed by atoms with Gasteiger partial charge in [0.2, 0.25) is 0 Å². The topological polar surface area (TPSA) is 76.4 Å². The molecule has 3 unspecified atom stereocenters. The van der Waals surface area contributed by atoms with E-state index in [4.69, 9.17) is 10.5 Å². The summed E-state index contributed by atoms with van der Waals surface area (Å²) in [6.07, 6.45) is 1.77. The molecule has 1 heterocycles. The zero-order chi connectivity index (χ0) is 11.8. The van der Waals surface area contributed by atoms with E-state index < -0.39 is 0 Å². The second kappa shape index (κ2) is 4.22. The van der Waals surface area contributed by atoms with Crippen LogP contribution in [0.4, 0.5) is 4.79 Å². The maximum Gasteiger partial charge on any atom is 0.315 e. The van der Waals surface area contributed by atoms with Crippen molar-refractivity contribution in [3.8, 4) is 0 Å². The third-order valence-corrected chi connectivity index (χ3v) is 3.91. The van der Waals surface area contributed by atoms with Gasteiger partial charge in [0, 0.05) is 24.1 Å². The van der Waals surface area contributed by atoms with Crippen LogP contribution in [0.3, 0.4) is 0 Å². The summed E-state index contributed by atoms with van der Waals surface area (Å²) in [5.74, 6) is 0. The molecule has 2 amide bonds. The fourth-order valence-corrected chi connectivity index (χ4v) is 2.24. The average Bonchev–Trinajstić information content (AvgIpc) is 2.70. The van der Waals surface area contributed by atoms with E-state index in [-0.39, 0.29) is 29.6 Å². The van der Waals surface area contributed by atoms with Crippen molar-refractivity contribution in [1.29, 1.82) is 0 Å². The molecule has 0 aromatic carbocycles. The zero-order valence-corrected chi connectivity index (χ0v) is 9.95. The van der Waals surface area contributed by atoms with Crippen molar-refractivity contribution in [3.05, 3.63) is 0 Å². The van der Waals surface area contributed by atoms with E-state index in [9.17, 15) is 4.79 Å². The van der Waals surface area contributed by atoms with Crippen LogP contribution in [-0.2, 0) is 4.74 Å². The van der Waals surface area contributed by atoms with Gasteiger partial charge in [-0.25, -0.2) is 4.79 Å². The third kappa shape index (κ3) is 2.15. The summed E-state index contributed by atoms with van der Waals surface area (Å²) in [4.78, 5) is 11.7. The standard InChI is InChI=1S/C11H21N3O2/c1-11(2)8(12)5-9(11)14-10(15)13-7-3-4-16-6-7/h7-9H,3-6,12H2,1-2H3,(H2,13,14,15). The van der Waals surface area contributed by atoms with Gasteiger partial charge in [-0.2, -0.15) is 0 Å². The number of carbonyl (C=O) groups excluding carboxylic acids is 1. The van der Waals surface area contributed by atoms with E-state index >= 15 is 0 Å². The summed E-state index contributed by atoms with van der Waals surface area (Å²) in [5.41, 5.74) is 5.90. The molecule has 2 aliphatic rings. The molecule has 0 bridgehead atoms. The van der Waals surface area contributed by atoms with Crippen LogP contribution in [0.1, 0.15) is 26.7 Å². The highest BCUT2D eigenvalue weighted by Crippen LogP contribution is 2.38. The fraction of sp³-hybridized carbons (Fsp3) is 0.909. The van der Waals surface area contributed by atoms with Crippen molar-refractivity contribution in [2.75, 3.05) is 13.2 Å². The first-order valence-corrected chi connectivity index (χ1v) is 5.90. The quantitative estimate of drug-likeness (QED) is 0.630. The van der Waals surface area contributed by atoms with Gasteiger partial charge in [-0.3, -0.25) is 0 Å². The Bertz CT molecular complexity index is 274. The van der Waals surface area contributed by atoms with E-state index in [2.05, 4.69) is 24.5 Å². The molecule has 1 aliphatic carbocycles. The first kappa shape index (κ1) is 11.7. The third-order valence-electron chi connectivity index (χ3n) is 3.91. The molecule has 5 heteroatoms. The molecular formula is C11H21N3O2. The Morgan fingerprint density at radius 3 is 2.69 bits per heavy atom. The molecule has 3 atom stereocenters. The van der Waals surface area contributed by atoms with Crippen LogP contribution < -0.4 is 16.4 Å². The molecule has 4 N–H and O–H groups in total. The van der Waals surface area contributed by atoms with Crippen molar-refractivity contribution in [3.63, 3.8) is 0 Å². The van der Waals surface area contributed by atoms with E-state index in [0.29, 0.717) is 6.61 Å². The van der Waals surface area contributed by atoms with E-state index in [1.54, 1.807) is 0 Å². The Labute approximate surface area is 96.1 Å². The minimum atomic E-state index is -0.0968. The monoisotopic (exact) mass is 227 g/mol. The van der Waals surface area contributed by atoms with Gasteiger partial charge in [0.1, 0.15) is 0 Å². The normalized spacial score (nSPS) is 36.6. The van der Waals surface area contributed by atoms with Gasteiger partial charge in [-0.05, 0) is 12.8 Å². The lowest BCUT2D eigenvalue weighted by Gasteiger charge is -2.50. The maximum absolute atomic E-state index is 11.7.